The highest BCUT2D eigenvalue weighted by Crippen LogP contribution is 2.42. The largest absolute Gasteiger partial charge is 0.493 e. The van der Waals surface area contributed by atoms with Gasteiger partial charge in [-0.25, -0.2) is 4.98 Å². The summed E-state index contributed by atoms with van der Waals surface area (Å²) in [4.78, 5) is 4.48. The molecule has 0 saturated carbocycles. The smallest absolute Gasteiger partial charge is 0.180 e. The first-order valence-corrected chi connectivity index (χ1v) is 8.62. The van der Waals surface area contributed by atoms with Crippen LogP contribution in [0.4, 0.5) is 0 Å². The van der Waals surface area contributed by atoms with Crippen LogP contribution in [-0.2, 0) is 11.3 Å². The van der Waals surface area contributed by atoms with E-state index in [9.17, 15) is 5.11 Å². The van der Waals surface area contributed by atoms with Crippen molar-refractivity contribution in [2.75, 3.05) is 34.0 Å². The number of benzene rings is 1. The quantitative estimate of drug-likeness (QED) is 0.851. The summed E-state index contributed by atoms with van der Waals surface area (Å²) in [5.74, 6) is 1.80. The molecular formula is C18H23ClN2O4. The Morgan fingerprint density at radius 3 is 2.68 bits per heavy atom. The minimum atomic E-state index is -0.198. The minimum absolute atomic E-state index is 0.119. The first-order valence-electron chi connectivity index (χ1n) is 8.25. The predicted molar refractivity (Wildman–Crippen MR) is 95.3 cm³/mol. The Bertz CT molecular complexity index is 726. The maximum Gasteiger partial charge on any atom is 0.180 e. The van der Waals surface area contributed by atoms with Crippen LogP contribution in [0, 0.1) is 5.41 Å². The highest BCUT2D eigenvalue weighted by Gasteiger charge is 2.33. The molecule has 2 heterocycles. The van der Waals surface area contributed by atoms with E-state index in [-0.39, 0.29) is 12.0 Å². The summed E-state index contributed by atoms with van der Waals surface area (Å²) in [5, 5.41) is 10.4. The Morgan fingerprint density at radius 1 is 1.28 bits per heavy atom. The maximum absolute atomic E-state index is 9.95. The number of aromatic nitrogens is 2. The van der Waals surface area contributed by atoms with E-state index < -0.39 is 0 Å². The van der Waals surface area contributed by atoms with E-state index in [4.69, 9.17) is 25.8 Å². The SMILES string of the molecule is COc1ccc(-c2nccn2CC2(CO)CCOCC2)c(Cl)c1OC. The molecule has 1 N–H and O–H groups in total. The Morgan fingerprint density at radius 2 is 2.04 bits per heavy atom. The highest BCUT2D eigenvalue weighted by molar-refractivity contribution is 6.35. The van der Waals surface area contributed by atoms with Gasteiger partial charge in [-0.3, -0.25) is 0 Å². The zero-order valence-electron chi connectivity index (χ0n) is 14.5. The number of aliphatic hydroxyl groups is 1. The molecule has 136 valence electrons. The lowest BCUT2D eigenvalue weighted by Gasteiger charge is -2.36. The lowest BCUT2D eigenvalue weighted by molar-refractivity contribution is -0.0250. The van der Waals surface area contributed by atoms with Crippen molar-refractivity contribution >= 4 is 11.6 Å². The van der Waals surface area contributed by atoms with Gasteiger partial charge in [0.15, 0.2) is 11.5 Å². The molecule has 2 aromatic rings. The molecule has 0 aliphatic carbocycles. The van der Waals surface area contributed by atoms with Crippen molar-refractivity contribution in [3.8, 4) is 22.9 Å². The second-order valence-corrected chi connectivity index (χ2v) is 6.69. The van der Waals surface area contributed by atoms with Crippen molar-refractivity contribution < 1.29 is 19.3 Å². The second kappa shape index (κ2) is 7.64. The van der Waals surface area contributed by atoms with Crippen LogP contribution in [0.5, 0.6) is 11.5 Å². The fourth-order valence-electron chi connectivity index (χ4n) is 3.27. The Hall–Kier alpha value is -1.76. The van der Waals surface area contributed by atoms with Gasteiger partial charge in [-0.1, -0.05) is 11.6 Å². The molecule has 6 nitrogen and oxygen atoms in total. The van der Waals surface area contributed by atoms with Gasteiger partial charge in [0.05, 0.1) is 25.8 Å². The van der Waals surface area contributed by atoms with E-state index >= 15 is 0 Å². The summed E-state index contributed by atoms with van der Waals surface area (Å²) in [7, 11) is 3.13. The van der Waals surface area contributed by atoms with Crippen LogP contribution in [0.15, 0.2) is 24.5 Å². The number of hydrogen-bond acceptors (Lipinski definition) is 5. The van der Waals surface area contributed by atoms with E-state index in [1.807, 2.05) is 22.9 Å². The van der Waals surface area contributed by atoms with Crippen LogP contribution in [0.3, 0.4) is 0 Å². The normalized spacial score (nSPS) is 16.6. The van der Waals surface area contributed by atoms with E-state index in [2.05, 4.69) is 4.98 Å². The van der Waals surface area contributed by atoms with Gasteiger partial charge in [-0.2, -0.15) is 0 Å². The van der Waals surface area contributed by atoms with Gasteiger partial charge >= 0.3 is 0 Å². The van der Waals surface area contributed by atoms with E-state index in [1.54, 1.807) is 20.4 Å². The number of aliphatic hydroxyl groups excluding tert-OH is 1. The van der Waals surface area contributed by atoms with Crippen LogP contribution in [0.2, 0.25) is 5.02 Å². The van der Waals surface area contributed by atoms with Gasteiger partial charge in [0.25, 0.3) is 0 Å². The molecule has 1 fully saturated rings. The summed E-state index contributed by atoms with van der Waals surface area (Å²) in [5.41, 5.74) is 0.570. The fourth-order valence-corrected chi connectivity index (χ4v) is 3.59. The topological polar surface area (TPSA) is 65.7 Å². The number of hydrogen-bond donors (Lipinski definition) is 1. The monoisotopic (exact) mass is 366 g/mol. The molecule has 7 heteroatoms. The predicted octanol–water partition coefficient (Wildman–Crippen LogP) is 3.01. The standard InChI is InChI=1S/C18H23ClN2O4/c1-23-14-4-3-13(15(19)16(14)24-2)17-20-7-8-21(17)11-18(12-22)5-9-25-10-6-18/h3-4,7-8,22H,5-6,9-12H2,1-2H3. The van der Waals surface area contributed by atoms with Gasteiger partial charge in [0, 0.05) is 43.1 Å². The second-order valence-electron chi connectivity index (χ2n) is 6.31. The highest BCUT2D eigenvalue weighted by atomic mass is 35.5. The van der Waals surface area contributed by atoms with Crippen molar-refractivity contribution in [2.45, 2.75) is 19.4 Å². The fraction of sp³-hybridized carbons (Fsp3) is 0.500. The molecule has 1 aromatic heterocycles. The summed E-state index contributed by atoms with van der Waals surface area (Å²) in [6.07, 6.45) is 5.30. The molecule has 0 bridgehead atoms. The van der Waals surface area contributed by atoms with Crippen LogP contribution in [0.1, 0.15) is 12.8 Å². The van der Waals surface area contributed by atoms with E-state index in [0.29, 0.717) is 36.3 Å². The zero-order chi connectivity index (χ0) is 17.9. The third kappa shape index (κ3) is 3.47. The minimum Gasteiger partial charge on any atom is -0.493 e. The molecule has 0 atom stereocenters. The Kier molecular flexibility index (Phi) is 5.51. The molecule has 1 aromatic carbocycles. The van der Waals surface area contributed by atoms with Crippen molar-refractivity contribution in [3.63, 3.8) is 0 Å². The first-order chi connectivity index (χ1) is 12.1. The molecule has 1 aliphatic heterocycles. The van der Waals surface area contributed by atoms with Gasteiger partial charge in [-0.05, 0) is 25.0 Å². The number of nitrogens with zero attached hydrogens (tertiary/aromatic N) is 2. The zero-order valence-corrected chi connectivity index (χ0v) is 15.3. The molecular weight excluding hydrogens is 344 g/mol. The van der Waals surface area contributed by atoms with Crippen molar-refractivity contribution in [1.82, 2.24) is 9.55 Å². The van der Waals surface area contributed by atoms with Crippen LogP contribution < -0.4 is 9.47 Å². The Labute approximate surface area is 152 Å². The van der Waals surface area contributed by atoms with Crippen molar-refractivity contribution in [1.29, 1.82) is 0 Å². The van der Waals surface area contributed by atoms with Gasteiger partial charge in [0.2, 0.25) is 0 Å². The molecule has 1 saturated heterocycles. The number of ether oxygens (including phenoxy) is 3. The molecule has 1 aliphatic rings. The van der Waals surface area contributed by atoms with Crippen LogP contribution >= 0.6 is 11.6 Å². The van der Waals surface area contributed by atoms with E-state index in [1.165, 1.54) is 0 Å². The molecule has 0 spiro atoms. The number of imidazole rings is 1. The van der Waals surface area contributed by atoms with Gasteiger partial charge in [0.1, 0.15) is 5.82 Å². The van der Waals surface area contributed by atoms with E-state index in [0.717, 1.165) is 24.2 Å². The lowest BCUT2D eigenvalue weighted by Crippen LogP contribution is -2.37. The lowest BCUT2D eigenvalue weighted by atomic mass is 9.81. The molecule has 0 radical (unpaired) electrons. The maximum atomic E-state index is 9.95. The first kappa shape index (κ1) is 18.0. The van der Waals surface area contributed by atoms with Crippen molar-refractivity contribution in [3.05, 3.63) is 29.5 Å². The van der Waals surface area contributed by atoms with Crippen LogP contribution in [-0.4, -0.2) is 48.7 Å². The average molecular weight is 367 g/mol. The molecule has 0 unspecified atom stereocenters. The summed E-state index contributed by atoms with van der Waals surface area (Å²) < 4.78 is 18.2. The summed E-state index contributed by atoms with van der Waals surface area (Å²) >= 11 is 6.54. The van der Waals surface area contributed by atoms with Gasteiger partial charge in [-0.15, -0.1) is 0 Å². The Balaban J connectivity index is 1.97. The summed E-state index contributed by atoms with van der Waals surface area (Å²) in [6.45, 7) is 2.12. The van der Waals surface area contributed by atoms with Crippen LogP contribution in [0.25, 0.3) is 11.4 Å². The molecule has 3 rings (SSSR count). The molecule has 0 amide bonds. The number of halogens is 1. The number of rotatable bonds is 6. The summed E-state index contributed by atoms with van der Waals surface area (Å²) in [6, 6.07) is 3.69. The third-order valence-corrected chi connectivity index (χ3v) is 5.21. The molecule has 25 heavy (non-hydrogen) atoms. The number of methoxy groups -OCH3 is 2. The average Bonchev–Trinajstić information content (AvgIpc) is 3.09. The van der Waals surface area contributed by atoms with Crippen molar-refractivity contribution in [2.24, 2.45) is 5.41 Å². The van der Waals surface area contributed by atoms with Gasteiger partial charge < -0.3 is 23.9 Å². The third-order valence-electron chi connectivity index (χ3n) is 4.84.